The molecule has 4 heteroatoms. The Labute approximate surface area is 176 Å². The lowest BCUT2D eigenvalue weighted by molar-refractivity contribution is -0.562. The van der Waals surface area contributed by atoms with Crippen molar-refractivity contribution in [3.63, 3.8) is 0 Å². The predicted molar refractivity (Wildman–Crippen MR) is 104 cm³/mol. The van der Waals surface area contributed by atoms with Crippen LogP contribution in [0, 0.1) is 12.7 Å². The molecule has 0 atom stereocenters. The number of rotatable bonds is 2. The number of hydrogen-bond donors (Lipinski definition) is 0. The summed E-state index contributed by atoms with van der Waals surface area (Å²) < 4.78 is 21.9. The molecule has 27 heavy (non-hydrogen) atoms. The molecule has 140 valence electrons. The standard InChI is InChI=1S/C23H23FNO.HI/c1-15-13-17-7-5-6-8-19(17)21(16-9-11-18(24)12-10-16)20(15)22-25(4)23(2,3)14-26-22;/h5-13H,14H2,1-4H3;1H/q+1;/p-1. The molecule has 0 amide bonds. The first-order chi connectivity index (χ1) is 12.4. The quantitative estimate of drug-likeness (QED) is 0.409. The summed E-state index contributed by atoms with van der Waals surface area (Å²) in [5.74, 6) is 0.660. The topological polar surface area (TPSA) is 12.2 Å². The highest BCUT2D eigenvalue weighted by Gasteiger charge is 2.41. The summed E-state index contributed by atoms with van der Waals surface area (Å²) in [7, 11) is 2.07. The van der Waals surface area contributed by atoms with Gasteiger partial charge in [0, 0.05) is 19.4 Å². The van der Waals surface area contributed by atoms with Crippen LogP contribution in [-0.2, 0) is 4.74 Å². The number of likely N-dealkylation sites (N-methyl/N-ethyl adjacent to an activating group) is 1. The first-order valence-corrected chi connectivity index (χ1v) is 8.91. The number of halogens is 2. The maximum Gasteiger partial charge on any atom is 0.371 e. The molecule has 1 aliphatic heterocycles. The Bertz CT molecular complexity index is 1040. The molecule has 3 aromatic rings. The Hall–Kier alpha value is -1.95. The van der Waals surface area contributed by atoms with E-state index in [9.17, 15) is 4.39 Å². The van der Waals surface area contributed by atoms with Crippen LogP contribution in [0.4, 0.5) is 4.39 Å². The molecule has 0 aliphatic carbocycles. The van der Waals surface area contributed by atoms with Crippen molar-refractivity contribution in [1.82, 2.24) is 0 Å². The molecule has 0 aromatic heterocycles. The Morgan fingerprint density at radius 1 is 1.00 bits per heavy atom. The molecular weight excluding hydrogens is 452 g/mol. The molecule has 0 saturated heterocycles. The normalized spacial score (nSPS) is 15.6. The third kappa shape index (κ3) is 3.35. The molecule has 0 spiro atoms. The second-order valence-corrected chi connectivity index (χ2v) is 7.64. The van der Waals surface area contributed by atoms with Crippen LogP contribution in [0.25, 0.3) is 21.9 Å². The Morgan fingerprint density at radius 2 is 1.67 bits per heavy atom. The summed E-state index contributed by atoms with van der Waals surface area (Å²) >= 11 is 0. The lowest BCUT2D eigenvalue weighted by Crippen LogP contribution is -3.00. The van der Waals surface area contributed by atoms with E-state index in [4.69, 9.17) is 4.74 Å². The van der Waals surface area contributed by atoms with Crippen molar-refractivity contribution in [2.24, 2.45) is 0 Å². The first-order valence-electron chi connectivity index (χ1n) is 8.91. The van der Waals surface area contributed by atoms with Crippen molar-refractivity contribution in [2.75, 3.05) is 13.7 Å². The summed E-state index contributed by atoms with van der Waals surface area (Å²) in [6, 6.07) is 17.3. The fraction of sp³-hybridized carbons (Fsp3) is 0.261. The van der Waals surface area contributed by atoms with Gasteiger partial charge in [-0.1, -0.05) is 42.5 Å². The Balaban J connectivity index is 0.00000210. The summed E-state index contributed by atoms with van der Waals surface area (Å²) in [6.45, 7) is 7.11. The van der Waals surface area contributed by atoms with Gasteiger partial charge in [0.1, 0.15) is 12.9 Å². The lowest BCUT2D eigenvalue weighted by atomic mass is 9.90. The van der Waals surface area contributed by atoms with Crippen LogP contribution in [0.5, 0.6) is 0 Å². The van der Waals surface area contributed by atoms with Crippen LogP contribution >= 0.6 is 0 Å². The number of ether oxygens (including phenoxy) is 1. The van der Waals surface area contributed by atoms with Crippen molar-refractivity contribution < 1.29 is 37.7 Å². The number of benzene rings is 3. The van der Waals surface area contributed by atoms with Crippen LogP contribution in [0.3, 0.4) is 0 Å². The van der Waals surface area contributed by atoms with E-state index in [0.717, 1.165) is 33.5 Å². The third-order valence-corrected chi connectivity index (χ3v) is 5.37. The molecule has 3 aromatic carbocycles. The van der Waals surface area contributed by atoms with Crippen molar-refractivity contribution in [1.29, 1.82) is 0 Å². The molecule has 1 heterocycles. The average Bonchev–Trinajstić information content (AvgIpc) is 2.88. The number of aryl methyl sites for hydroxylation is 1. The van der Waals surface area contributed by atoms with Crippen LogP contribution in [0.15, 0.2) is 54.6 Å². The van der Waals surface area contributed by atoms with E-state index in [1.54, 1.807) is 0 Å². The highest BCUT2D eigenvalue weighted by Crippen LogP contribution is 2.36. The summed E-state index contributed by atoms with van der Waals surface area (Å²) in [4.78, 5) is 0. The summed E-state index contributed by atoms with van der Waals surface area (Å²) in [6.07, 6.45) is 0. The van der Waals surface area contributed by atoms with Crippen LogP contribution in [0.1, 0.15) is 25.0 Å². The minimum absolute atomic E-state index is 0. The van der Waals surface area contributed by atoms with Crippen LogP contribution in [0.2, 0.25) is 0 Å². The van der Waals surface area contributed by atoms with Crippen molar-refractivity contribution in [3.05, 3.63) is 71.5 Å². The summed E-state index contributed by atoms with van der Waals surface area (Å²) in [5, 5.41) is 2.32. The number of nitrogens with zero attached hydrogens (tertiary/aromatic N) is 1. The molecule has 0 N–H and O–H groups in total. The smallest absolute Gasteiger partial charge is 0.371 e. The van der Waals surface area contributed by atoms with Crippen molar-refractivity contribution in [2.45, 2.75) is 26.3 Å². The summed E-state index contributed by atoms with van der Waals surface area (Å²) in [5.41, 5.74) is 4.27. The number of hydrogen-bond acceptors (Lipinski definition) is 1. The highest BCUT2D eigenvalue weighted by atomic mass is 127. The van der Waals surface area contributed by atoms with Gasteiger partial charge in [0.15, 0.2) is 12.1 Å². The van der Waals surface area contributed by atoms with Crippen molar-refractivity contribution >= 4 is 16.7 Å². The zero-order valence-electron chi connectivity index (χ0n) is 16.0. The van der Waals surface area contributed by atoms with Gasteiger partial charge in [0.05, 0.1) is 5.56 Å². The molecule has 0 unspecified atom stereocenters. The second kappa shape index (κ2) is 7.23. The van der Waals surface area contributed by atoms with E-state index in [1.165, 1.54) is 17.5 Å². The van der Waals surface area contributed by atoms with Gasteiger partial charge in [0.25, 0.3) is 0 Å². The SMILES string of the molecule is Cc1cc2ccccc2c(-c2ccc(F)cc2)c1C1=[N+](C)C(C)(C)CO1.[I-]. The molecule has 0 radical (unpaired) electrons. The zero-order valence-corrected chi connectivity index (χ0v) is 18.2. The predicted octanol–water partition coefficient (Wildman–Crippen LogP) is 2.16. The van der Waals surface area contributed by atoms with Gasteiger partial charge in [-0.3, -0.25) is 0 Å². The van der Waals surface area contributed by atoms with Gasteiger partial charge in [0.2, 0.25) is 0 Å². The van der Waals surface area contributed by atoms with Gasteiger partial charge in [-0.05, 0) is 41.0 Å². The van der Waals surface area contributed by atoms with Gasteiger partial charge in [-0.15, -0.1) is 0 Å². The molecule has 4 rings (SSSR count). The minimum Gasteiger partial charge on any atom is -1.00 e. The van der Waals surface area contributed by atoms with Gasteiger partial charge < -0.3 is 28.7 Å². The van der Waals surface area contributed by atoms with Gasteiger partial charge >= 0.3 is 5.90 Å². The number of fused-ring (bicyclic) bond motifs is 1. The second-order valence-electron chi connectivity index (χ2n) is 7.64. The average molecular weight is 475 g/mol. The van der Waals surface area contributed by atoms with E-state index in [1.807, 2.05) is 24.3 Å². The maximum atomic E-state index is 13.5. The highest BCUT2D eigenvalue weighted by molar-refractivity contribution is 6.10. The minimum atomic E-state index is -0.227. The molecule has 2 nitrogen and oxygen atoms in total. The van der Waals surface area contributed by atoms with E-state index < -0.39 is 0 Å². The molecular formula is C23H23FINO. The van der Waals surface area contributed by atoms with Crippen LogP contribution < -0.4 is 24.0 Å². The Kier molecular flexibility index (Phi) is 5.30. The maximum absolute atomic E-state index is 13.5. The first kappa shape index (κ1) is 19.8. The molecule has 1 aliphatic rings. The van der Waals surface area contributed by atoms with Gasteiger partial charge in [-0.25, -0.2) is 4.39 Å². The third-order valence-electron chi connectivity index (χ3n) is 5.37. The monoisotopic (exact) mass is 475 g/mol. The Morgan fingerprint density at radius 3 is 2.30 bits per heavy atom. The van der Waals surface area contributed by atoms with Crippen LogP contribution in [-0.4, -0.2) is 29.7 Å². The fourth-order valence-corrected chi connectivity index (χ4v) is 3.63. The zero-order chi connectivity index (χ0) is 18.5. The fourth-order valence-electron chi connectivity index (χ4n) is 3.63. The van der Waals surface area contributed by atoms with E-state index in [0.29, 0.717) is 6.61 Å². The molecule has 0 saturated carbocycles. The van der Waals surface area contributed by atoms with E-state index in [2.05, 4.69) is 50.6 Å². The lowest BCUT2D eigenvalue weighted by Gasteiger charge is -2.15. The van der Waals surface area contributed by atoms with Crippen molar-refractivity contribution in [3.8, 4) is 11.1 Å². The molecule has 0 fully saturated rings. The van der Waals surface area contributed by atoms with E-state index in [-0.39, 0.29) is 35.3 Å². The largest absolute Gasteiger partial charge is 1.00 e. The van der Waals surface area contributed by atoms with E-state index >= 15 is 0 Å². The molecule has 0 bridgehead atoms. The van der Waals surface area contributed by atoms with Gasteiger partial charge in [-0.2, -0.15) is 4.58 Å².